The summed E-state index contributed by atoms with van der Waals surface area (Å²) >= 11 is 0. The Kier molecular flexibility index (Phi) is 4.26. The third kappa shape index (κ3) is 3.27. The molecule has 0 spiro atoms. The lowest BCUT2D eigenvalue weighted by atomic mass is 9.48. The number of aromatic nitrogens is 4. The Morgan fingerprint density at radius 3 is 2.39 bits per heavy atom. The second kappa shape index (κ2) is 7.04. The highest BCUT2D eigenvalue weighted by molar-refractivity contribution is 5.91. The van der Waals surface area contributed by atoms with Gasteiger partial charge < -0.3 is 15.6 Å². The number of hydrogen-bond donors (Lipinski definition) is 2. The van der Waals surface area contributed by atoms with Gasteiger partial charge in [-0.2, -0.15) is 0 Å². The summed E-state index contributed by atoms with van der Waals surface area (Å²) in [6, 6.07) is 8.66. The first-order valence-electron chi connectivity index (χ1n) is 11.4. The number of rotatable bonds is 5. The fraction of sp³-hybridized carbons (Fsp3) is 0.500. The van der Waals surface area contributed by atoms with Gasteiger partial charge in [-0.05, 0) is 79.4 Å². The zero-order chi connectivity index (χ0) is 21.0. The molecule has 1 aromatic carbocycles. The number of nitrogens with zero attached hydrogens (tertiary/aromatic N) is 4. The maximum absolute atomic E-state index is 12.5. The van der Waals surface area contributed by atoms with Crippen molar-refractivity contribution in [1.29, 1.82) is 0 Å². The number of nitrogen functional groups attached to an aromatic ring is 1. The van der Waals surface area contributed by atoms with Crippen molar-refractivity contribution in [3.05, 3.63) is 42.5 Å². The Labute approximate surface area is 181 Å². The fourth-order valence-electron chi connectivity index (χ4n) is 6.92. The normalized spacial score (nSPS) is 28.8. The summed E-state index contributed by atoms with van der Waals surface area (Å²) in [6.45, 7) is 0.477. The lowest BCUT2D eigenvalue weighted by Gasteiger charge is -2.57. The summed E-state index contributed by atoms with van der Waals surface area (Å²) < 4.78 is 1.83. The van der Waals surface area contributed by atoms with E-state index in [1.54, 1.807) is 6.33 Å². The maximum atomic E-state index is 12.5. The number of nitrogens with one attached hydrogen (secondary N) is 1. The van der Waals surface area contributed by atoms with E-state index in [2.05, 4.69) is 44.5 Å². The number of carbonyl (C=O) groups excluding carboxylic acids is 1. The van der Waals surface area contributed by atoms with E-state index < -0.39 is 0 Å². The van der Waals surface area contributed by atoms with Crippen LogP contribution in [0.15, 0.2) is 36.9 Å². The molecule has 31 heavy (non-hydrogen) atoms. The molecule has 0 saturated heterocycles. The van der Waals surface area contributed by atoms with Gasteiger partial charge in [0, 0.05) is 18.7 Å². The summed E-state index contributed by atoms with van der Waals surface area (Å²) in [5.74, 6) is 3.15. The number of hydrogen-bond acceptors (Lipinski definition) is 5. The maximum Gasteiger partial charge on any atom is 0.226 e. The van der Waals surface area contributed by atoms with Crippen molar-refractivity contribution in [2.75, 3.05) is 11.1 Å². The van der Waals surface area contributed by atoms with Gasteiger partial charge in [0.2, 0.25) is 5.91 Å². The molecule has 4 aliphatic rings. The van der Waals surface area contributed by atoms with Gasteiger partial charge in [0.25, 0.3) is 0 Å². The van der Waals surface area contributed by atoms with Crippen LogP contribution in [0.25, 0.3) is 11.2 Å². The molecule has 0 radical (unpaired) electrons. The molecule has 160 valence electrons. The predicted molar refractivity (Wildman–Crippen MR) is 119 cm³/mol. The third-order valence-corrected chi connectivity index (χ3v) is 7.84. The summed E-state index contributed by atoms with van der Waals surface area (Å²) in [6.07, 6.45) is 11.8. The van der Waals surface area contributed by atoms with Gasteiger partial charge in [-0.3, -0.25) is 4.79 Å². The molecule has 2 heterocycles. The SMILES string of the molecule is Nc1ncnc2ncn(CCC(=O)Nc3ccc(C45CC6CC(CC(C6)C4)C5)cc3)c12. The van der Waals surface area contributed by atoms with E-state index in [4.69, 9.17) is 5.73 Å². The largest absolute Gasteiger partial charge is 0.382 e. The second-order valence-corrected chi connectivity index (χ2v) is 9.94. The molecule has 1 amide bonds. The second-order valence-electron chi connectivity index (χ2n) is 9.94. The number of amides is 1. The first kappa shape index (κ1) is 18.8. The molecule has 2 aromatic heterocycles. The Balaban J connectivity index is 1.11. The fourth-order valence-corrected chi connectivity index (χ4v) is 6.92. The van der Waals surface area contributed by atoms with Gasteiger partial charge in [-0.15, -0.1) is 0 Å². The minimum Gasteiger partial charge on any atom is -0.382 e. The summed E-state index contributed by atoms with van der Waals surface area (Å²) in [5, 5.41) is 3.03. The van der Waals surface area contributed by atoms with Crippen molar-refractivity contribution in [1.82, 2.24) is 19.5 Å². The number of nitrogens with two attached hydrogens (primary N) is 1. The van der Waals surface area contributed by atoms with Gasteiger partial charge in [0.15, 0.2) is 11.5 Å². The lowest BCUT2D eigenvalue weighted by molar-refractivity contribution is -0.116. The zero-order valence-corrected chi connectivity index (χ0v) is 17.6. The minimum atomic E-state index is -0.0279. The van der Waals surface area contributed by atoms with Crippen LogP contribution < -0.4 is 11.1 Å². The highest BCUT2D eigenvalue weighted by atomic mass is 16.1. The molecule has 0 unspecified atom stereocenters. The van der Waals surface area contributed by atoms with Gasteiger partial charge in [0.05, 0.1) is 6.33 Å². The van der Waals surface area contributed by atoms with Crippen LogP contribution in [0.4, 0.5) is 11.5 Å². The van der Waals surface area contributed by atoms with E-state index in [1.807, 2.05) is 4.57 Å². The number of anilines is 2. The van der Waals surface area contributed by atoms with E-state index in [9.17, 15) is 4.79 Å². The molecule has 3 N–H and O–H groups in total. The van der Waals surface area contributed by atoms with E-state index in [1.165, 1.54) is 50.4 Å². The van der Waals surface area contributed by atoms with Gasteiger partial charge >= 0.3 is 0 Å². The summed E-state index contributed by atoms with van der Waals surface area (Å²) in [7, 11) is 0. The molecule has 3 aromatic rings. The molecular formula is C24H28N6O. The van der Waals surface area contributed by atoms with Crippen molar-refractivity contribution in [2.45, 2.75) is 56.9 Å². The molecule has 0 atom stereocenters. The topological polar surface area (TPSA) is 98.7 Å². The highest BCUT2D eigenvalue weighted by Crippen LogP contribution is 2.60. The number of carbonyl (C=O) groups is 1. The molecule has 7 rings (SSSR count). The summed E-state index contributed by atoms with van der Waals surface area (Å²) in [5.41, 5.74) is 9.89. The first-order valence-corrected chi connectivity index (χ1v) is 11.4. The van der Waals surface area contributed by atoms with Crippen LogP contribution in [0.3, 0.4) is 0 Å². The number of imidazole rings is 1. The molecule has 7 nitrogen and oxygen atoms in total. The Morgan fingerprint density at radius 1 is 1.03 bits per heavy atom. The summed E-state index contributed by atoms with van der Waals surface area (Å²) in [4.78, 5) is 24.9. The van der Waals surface area contributed by atoms with E-state index in [0.29, 0.717) is 35.4 Å². The van der Waals surface area contributed by atoms with Crippen molar-refractivity contribution in [2.24, 2.45) is 17.8 Å². The Hall–Kier alpha value is -2.96. The molecule has 4 fully saturated rings. The molecule has 7 heteroatoms. The van der Waals surface area contributed by atoms with Crippen LogP contribution in [0.5, 0.6) is 0 Å². The van der Waals surface area contributed by atoms with Gasteiger partial charge in [-0.1, -0.05) is 12.1 Å². The van der Waals surface area contributed by atoms with E-state index in [-0.39, 0.29) is 5.91 Å². The van der Waals surface area contributed by atoms with E-state index >= 15 is 0 Å². The van der Waals surface area contributed by atoms with Crippen LogP contribution in [0.1, 0.15) is 50.5 Å². The quantitative estimate of drug-likeness (QED) is 0.657. The monoisotopic (exact) mass is 416 g/mol. The molecular weight excluding hydrogens is 388 g/mol. The van der Waals surface area contributed by atoms with E-state index in [0.717, 1.165) is 23.4 Å². The lowest BCUT2D eigenvalue weighted by Crippen LogP contribution is -2.48. The predicted octanol–water partition coefficient (Wildman–Crippen LogP) is 3.91. The smallest absolute Gasteiger partial charge is 0.226 e. The van der Waals surface area contributed by atoms with Crippen molar-refractivity contribution < 1.29 is 4.79 Å². The third-order valence-electron chi connectivity index (χ3n) is 7.84. The minimum absolute atomic E-state index is 0.0279. The number of fused-ring (bicyclic) bond motifs is 1. The standard InChI is InChI=1S/C24H28N6O/c25-22-21-23(27-13-26-22)28-14-30(21)6-5-20(31)29-19-3-1-18(2-4-19)24-10-15-7-16(11-24)9-17(8-15)12-24/h1-4,13-17H,5-12H2,(H,29,31)(H2,25,26,27). The number of benzene rings is 1. The van der Waals surface area contributed by atoms with Crippen molar-refractivity contribution in [3.8, 4) is 0 Å². The van der Waals surface area contributed by atoms with Gasteiger partial charge in [0.1, 0.15) is 11.8 Å². The zero-order valence-electron chi connectivity index (χ0n) is 17.6. The highest BCUT2D eigenvalue weighted by Gasteiger charge is 2.51. The van der Waals surface area contributed by atoms with Crippen LogP contribution in [0.2, 0.25) is 0 Å². The first-order chi connectivity index (χ1) is 15.1. The van der Waals surface area contributed by atoms with Crippen LogP contribution >= 0.6 is 0 Å². The van der Waals surface area contributed by atoms with Crippen LogP contribution in [-0.4, -0.2) is 25.4 Å². The Morgan fingerprint density at radius 2 is 1.71 bits per heavy atom. The molecule has 4 aliphatic carbocycles. The molecule has 4 bridgehead atoms. The Bertz CT molecular complexity index is 1100. The molecule has 4 saturated carbocycles. The average molecular weight is 417 g/mol. The number of aryl methyl sites for hydroxylation is 1. The van der Waals surface area contributed by atoms with Crippen molar-refractivity contribution in [3.63, 3.8) is 0 Å². The van der Waals surface area contributed by atoms with Crippen molar-refractivity contribution >= 4 is 28.6 Å². The van der Waals surface area contributed by atoms with Crippen LogP contribution in [0, 0.1) is 17.8 Å². The van der Waals surface area contributed by atoms with Crippen LogP contribution in [-0.2, 0) is 16.8 Å². The molecule has 0 aliphatic heterocycles. The average Bonchev–Trinajstić information content (AvgIpc) is 3.16. The van der Waals surface area contributed by atoms with Gasteiger partial charge in [-0.25, -0.2) is 15.0 Å².